The Hall–Kier alpha value is -2.21. The summed E-state index contributed by atoms with van der Waals surface area (Å²) in [6.07, 6.45) is 4.99. The number of hydrogen-bond acceptors (Lipinski definition) is 3. The zero-order chi connectivity index (χ0) is 11.3. The normalized spacial score (nSPS) is 9.87. The number of pyridine rings is 1. The van der Waals surface area contributed by atoms with Gasteiger partial charge < -0.3 is 0 Å². The first-order chi connectivity index (χ1) is 7.13. The lowest BCUT2D eigenvalue weighted by Crippen LogP contribution is -1.87. The van der Waals surface area contributed by atoms with Gasteiger partial charge in [-0.3, -0.25) is 4.98 Å². The van der Waals surface area contributed by atoms with Crippen molar-refractivity contribution in [1.29, 1.82) is 5.26 Å². The fourth-order valence-corrected chi connectivity index (χ4v) is 0.990. The number of aliphatic imine (C=N–C) groups is 1. The monoisotopic (exact) mass is 197 g/mol. The molecular formula is C12H11N3. The number of hydrogen-bond donors (Lipinski definition) is 0. The van der Waals surface area contributed by atoms with E-state index in [1.54, 1.807) is 12.4 Å². The van der Waals surface area contributed by atoms with Gasteiger partial charge in [0.2, 0.25) is 0 Å². The van der Waals surface area contributed by atoms with Crippen LogP contribution in [-0.4, -0.2) is 11.2 Å². The average molecular weight is 197 g/mol. The van der Waals surface area contributed by atoms with Crippen LogP contribution in [-0.2, 0) is 0 Å². The van der Waals surface area contributed by atoms with Crippen LogP contribution in [0.4, 0.5) is 0 Å². The Bertz CT molecular complexity index is 464. The SMILES string of the molecule is C=C(C#N)/N=C/C(=C)c1cncc(C)c1. The van der Waals surface area contributed by atoms with Crippen molar-refractivity contribution in [2.75, 3.05) is 0 Å². The summed E-state index contributed by atoms with van der Waals surface area (Å²) in [6, 6.07) is 3.79. The van der Waals surface area contributed by atoms with E-state index < -0.39 is 0 Å². The minimum atomic E-state index is 0.164. The summed E-state index contributed by atoms with van der Waals surface area (Å²) in [5.74, 6) is 0. The van der Waals surface area contributed by atoms with E-state index in [0.717, 1.165) is 11.1 Å². The predicted octanol–water partition coefficient (Wildman–Crippen LogP) is 2.51. The molecule has 0 bridgehead atoms. The molecule has 0 N–H and O–H groups in total. The molecule has 0 radical (unpaired) electrons. The first-order valence-electron chi connectivity index (χ1n) is 4.37. The van der Waals surface area contributed by atoms with Gasteiger partial charge in [0.15, 0.2) is 0 Å². The van der Waals surface area contributed by atoms with E-state index in [1.165, 1.54) is 6.21 Å². The fourth-order valence-electron chi connectivity index (χ4n) is 0.990. The molecule has 1 aromatic rings. The van der Waals surface area contributed by atoms with Crippen LogP contribution in [0.3, 0.4) is 0 Å². The Kier molecular flexibility index (Phi) is 3.53. The smallest absolute Gasteiger partial charge is 0.133 e. The van der Waals surface area contributed by atoms with Crippen LogP contribution in [0.2, 0.25) is 0 Å². The van der Waals surface area contributed by atoms with Gasteiger partial charge in [0.05, 0.1) is 0 Å². The van der Waals surface area contributed by atoms with E-state index >= 15 is 0 Å². The number of rotatable bonds is 3. The molecule has 0 aliphatic rings. The van der Waals surface area contributed by atoms with E-state index in [2.05, 4.69) is 23.1 Å². The molecule has 0 aromatic carbocycles. The molecule has 0 atom stereocenters. The van der Waals surface area contributed by atoms with E-state index in [-0.39, 0.29) is 5.70 Å². The van der Waals surface area contributed by atoms with Gasteiger partial charge in [0, 0.05) is 24.2 Å². The van der Waals surface area contributed by atoms with Crippen molar-refractivity contribution in [2.45, 2.75) is 6.92 Å². The average Bonchev–Trinajstić information content (AvgIpc) is 2.25. The second-order valence-corrected chi connectivity index (χ2v) is 3.09. The van der Waals surface area contributed by atoms with E-state index in [0.29, 0.717) is 5.57 Å². The van der Waals surface area contributed by atoms with Crippen molar-refractivity contribution >= 4 is 11.8 Å². The maximum atomic E-state index is 8.46. The van der Waals surface area contributed by atoms with Crippen molar-refractivity contribution in [3.63, 3.8) is 0 Å². The third kappa shape index (κ3) is 3.20. The van der Waals surface area contributed by atoms with Gasteiger partial charge >= 0.3 is 0 Å². The second-order valence-electron chi connectivity index (χ2n) is 3.09. The first-order valence-corrected chi connectivity index (χ1v) is 4.37. The summed E-state index contributed by atoms with van der Waals surface area (Å²) in [7, 11) is 0. The standard InChI is InChI=1S/C12H11N3/c1-9-4-12(8-14-6-9)10(2)7-15-11(3)5-13/h4,6-8H,2-3H2,1H3/b15-7+. The van der Waals surface area contributed by atoms with Crippen LogP contribution < -0.4 is 0 Å². The molecule has 0 saturated carbocycles. The quantitative estimate of drug-likeness (QED) is 0.552. The number of aromatic nitrogens is 1. The number of nitrogens with zero attached hydrogens (tertiary/aromatic N) is 3. The molecule has 1 rings (SSSR count). The van der Waals surface area contributed by atoms with Crippen LogP contribution in [0, 0.1) is 18.3 Å². The molecule has 0 saturated heterocycles. The molecule has 0 spiro atoms. The Balaban J connectivity index is 2.83. The van der Waals surface area contributed by atoms with Gasteiger partial charge in [-0.15, -0.1) is 0 Å². The minimum Gasteiger partial charge on any atom is -0.264 e. The predicted molar refractivity (Wildman–Crippen MR) is 61.3 cm³/mol. The lowest BCUT2D eigenvalue weighted by Gasteiger charge is -1.99. The zero-order valence-electron chi connectivity index (χ0n) is 8.57. The number of nitriles is 1. The Labute approximate surface area is 89.1 Å². The third-order valence-electron chi connectivity index (χ3n) is 1.75. The van der Waals surface area contributed by atoms with Crippen LogP contribution >= 0.6 is 0 Å². The van der Waals surface area contributed by atoms with Crippen LogP contribution in [0.15, 0.2) is 42.3 Å². The number of allylic oxidation sites excluding steroid dienone is 2. The highest BCUT2D eigenvalue weighted by molar-refractivity contribution is 6.09. The van der Waals surface area contributed by atoms with Gasteiger partial charge in [-0.2, -0.15) is 5.26 Å². The van der Waals surface area contributed by atoms with E-state index in [9.17, 15) is 0 Å². The summed E-state index contributed by atoms with van der Waals surface area (Å²) in [5, 5.41) is 8.46. The van der Waals surface area contributed by atoms with Gasteiger partial charge in [0.25, 0.3) is 0 Å². The summed E-state index contributed by atoms with van der Waals surface area (Å²) >= 11 is 0. The van der Waals surface area contributed by atoms with E-state index in [4.69, 9.17) is 5.26 Å². The largest absolute Gasteiger partial charge is 0.264 e. The molecule has 15 heavy (non-hydrogen) atoms. The minimum absolute atomic E-state index is 0.164. The van der Waals surface area contributed by atoms with Crippen LogP contribution in [0.1, 0.15) is 11.1 Å². The highest BCUT2D eigenvalue weighted by atomic mass is 14.7. The lowest BCUT2D eigenvalue weighted by molar-refractivity contribution is 1.26. The fraction of sp³-hybridized carbons (Fsp3) is 0.0833. The van der Waals surface area contributed by atoms with Crippen LogP contribution in [0.25, 0.3) is 5.57 Å². The number of aryl methyl sites for hydroxylation is 1. The molecule has 3 nitrogen and oxygen atoms in total. The summed E-state index contributed by atoms with van der Waals surface area (Å²) in [5.41, 5.74) is 2.82. The van der Waals surface area contributed by atoms with Crippen molar-refractivity contribution < 1.29 is 0 Å². The molecule has 1 heterocycles. The molecule has 0 fully saturated rings. The first kappa shape index (κ1) is 10.9. The van der Waals surface area contributed by atoms with Crippen molar-refractivity contribution in [1.82, 2.24) is 4.98 Å². The molecule has 0 aliphatic heterocycles. The zero-order valence-corrected chi connectivity index (χ0v) is 8.57. The maximum Gasteiger partial charge on any atom is 0.133 e. The van der Waals surface area contributed by atoms with Crippen molar-refractivity contribution in [3.05, 3.63) is 48.4 Å². The van der Waals surface area contributed by atoms with Gasteiger partial charge in [0.1, 0.15) is 11.8 Å². The third-order valence-corrected chi connectivity index (χ3v) is 1.75. The van der Waals surface area contributed by atoms with Gasteiger partial charge in [-0.25, -0.2) is 4.99 Å². The van der Waals surface area contributed by atoms with Crippen molar-refractivity contribution in [2.24, 2.45) is 4.99 Å². The summed E-state index contributed by atoms with van der Waals surface area (Å²) in [6.45, 7) is 9.23. The van der Waals surface area contributed by atoms with Crippen LogP contribution in [0.5, 0.6) is 0 Å². The summed E-state index contributed by atoms with van der Waals surface area (Å²) in [4.78, 5) is 7.88. The van der Waals surface area contributed by atoms with Gasteiger partial charge in [-0.05, 0) is 24.1 Å². The molecule has 0 unspecified atom stereocenters. The molecule has 1 aromatic heterocycles. The van der Waals surface area contributed by atoms with Gasteiger partial charge in [-0.1, -0.05) is 13.2 Å². The maximum absolute atomic E-state index is 8.46. The highest BCUT2D eigenvalue weighted by Gasteiger charge is 1.96. The second kappa shape index (κ2) is 4.87. The Morgan fingerprint density at radius 1 is 1.53 bits per heavy atom. The molecule has 0 aliphatic carbocycles. The molecular weight excluding hydrogens is 186 g/mol. The lowest BCUT2D eigenvalue weighted by atomic mass is 10.1. The van der Waals surface area contributed by atoms with E-state index in [1.807, 2.05) is 19.1 Å². The Morgan fingerprint density at radius 2 is 2.27 bits per heavy atom. The van der Waals surface area contributed by atoms with Crippen molar-refractivity contribution in [3.8, 4) is 6.07 Å². The molecule has 0 amide bonds. The topological polar surface area (TPSA) is 49.0 Å². The highest BCUT2D eigenvalue weighted by Crippen LogP contribution is 2.10. The summed E-state index contributed by atoms with van der Waals surface area (Å²) < 4.78 is 0. The molecule has 3 heteroatoms. The molecule has 74 valence electrons. The Morgan fingerprint density at radius 3 is 2.87 bits per heavy atom.